The first-order chi connectivity index (χ1) is 13.5. The molecule has 0 spiro atoms. The van der Waals surface area contributed by atoms with Crippen molar-refractivity contribution in [1.82, 2.24) is 20.1 Å². The van der Waals surface area contributed by atoms with Gasteiger partial charge in [-0.05, 0) is 49.4 Å². The highest BCUT2D eigenvalue weighted by Gasteiger charge is 2.15. The van der Waals surface area contributed by atoms with E-state index in [9.17, 15) is 9.59 Å². The maximum Gasteiger partial charge on any atom is 0.261 e. The lowest BCUT2D eigenvalue weighted by atomic mass is 10.3. The molecular weight excluding hydrogens is 382 g/mol. The van der Waals surface area contributed by atoms with Crippen LogP contribution in [0.4, 0.5) is 5.69 Å². The molecule has 0 radical (unpaired) electrons. The van der Waals surface area contributed by atoms with Crippen LogP contribution in [0.2, 0.25) is 5.02 Å². The second-order valence-corrected chi connectivity index (χ2v) is 6.31. The molecule has 1 heterocycles. The summed E-state index contributed by atoms with van der Waals surface area (Å²) in [5, 5.41) is 9.79. The third-order valence-corrected chi connectivity index (χ3v) is 3.97. The van der Waals surface area contributed by atoms with E-state index in [2.05, 4.69) is 20.7 Å². The second-order valence-electron chi connectivity index (χ2n) is 5.87. The Bertz CT molecular complexity index is 944. The van der Waals surface area contributed by atoms with Gasteiger partial charge in [0, 0.05) is 10.7 Å². The van der Waals surface area contributed by atoms with Crippen molar-refractivity contribution in [2.75, 3.05) is 11.9 Å². The number of nitrogens with zero attached hydrogens (tertiary/aromatic N) is 3. The minimum absolute atomic E-state index is 0.174. The summed E-state index contributed by atoms with van der Waals surface area (Å²) in [5.41, 5.74) is 1.42. The Hall–Kier alpha value is -3.39. The lowest BCUT2D eigenvalue weighted by molar-refractivity contribution is -0.129. The Morgan fingerprint density at radius 2 is 2.00 bits per heavy atom. The number of amides is 2. The predicted octanol–water partition coefficient (Wildman–Crippen LogP) is 2.44. The van der Waals surface area contributed by atoms with Gasteiger partial charge in [0.15, 0.2) is 6.10 Å². The average molecular weight is 400 g/mol. The van der Waals surface area contributed by atoms with Gasteiger partial charge in [-0.2, -0.15) is 5.10 Å². The van der Waals surface area contributed by atoms with Gasteiger partial charge in [0.05, 0.1) is 12.2 Å². The topological polar surface area (TPSA) is 98.1 Å². The average Bonchev–Trinajstić information content (AvgIpc) is 3.21. The van der Waals surface area contributed by atoms with Gasteiger partial charge in [0.25, 0.3) is 5.91 Å². The number of carbonyl (C=O) groups is 2. The summed E-state index contributed by atoms with van der Waals surface area (Å²) in [7, 11) is 0. The highest BCUT2D eigenvalue weighted by atomic mass is 35.5. The monoisotopic (exact) mass is 399 g/mol. The molecule has 3 rings (SSSR count). The molecule has 0 saturated carbocycles. The summed E-state index contributed by atoms with van der Waals surface area (Å²) in [6.45, 7) is 1.42. The third kappa shape index (κ3) is 5.31. The van der Waals surface area contributed by atoms with Crippen LogP contribution in [0.15, 0.2) is 61.2 Å². The van der Waals surface area contributed by atoms with Crippen LogP contribution in [0.1, 0.15) is 6.92 Å². The normalized spacial score (nSPS) is 11.5. The first-order valence-corrected chi connectivity index (χ1v) is 8.84. The Morgan fingerprint density at radius 1 is 1.21 bits per heavy atom. The van der Waals surface area contributed by atoms with Crippen molar-refractivity contribution >= 4 is 29.1 Å². The van der Waals surface area contributed by atoms with Crippen molar-refractivity contribution in [3.05, 3.63) is 66.2 Å². The molecule has 0 aliphatic carbocycles. The molecular formula is C19H18ClN5O3. The highest BCUT2D eigenvalue weighted by molar-refractivity contribution is 6.30. The van der Waals surface area contributed by atoms with Gasteiger partial charge in [-0.15, -0.1) is 0 Å². The van der Waals surface area contributed by atoms with Crippen molar-refractivity contribution in [3.63, 3.8) is 0 Å². The van der Waals surface area contributed by atoms with Crippen LogP contribution in [-0.4, -0.2) is 39.2 Å². The van der Waals surface area contributed by atoms with Crippen LogP contribution in [0, 0.1) is 0 Å². The molecule has 2 N–H and O–H groups in total. The molecule has 2 amide bonds. The van der Waals surface area contributed by atoms with E-state index in [1.165, 1.54) is 6.33 Å². The standard InChI is InChI=1S/C19H18ClN5O3/c1-13(28-17-4-2-3-14(20)9-17)19(27)22-10-18(26)24-15-5-7-16(8-6-15)25-12-21-11-23-25/h2-9,11-13H,10H2,1H3,(H,22,27)(H,24,26). The Balaban J connectivity index is 1.46. The van der Waals surface area contributed by atoms with Gasteiger partial charge in [-0.1, -0.05) is 17.7 Å². The number of hydrogen-bond acceptors (Lipinski definition) is 5. The molecule has 1 atom stereocenters. The molecule has 2 aromatic carbocycles. The van der Waals surface area contributed by atoms with Crippen LogP contribution in [-0.2, 0) is 9.59 Å². The minimum Gasteiger partial charge on any atom is -0.481 e. The lowest BCUT2D eigenvalue weighted by Gasteiger charge is -2.15. The SMILES string of the molecule is CC(Oc1cccc(Cl)c1)C(=O)NCC(=O)Nc1ccc(-n2cncn2)cc1. The predicted molar refractivity (Wildman–Crippen MR) is 105 cm³/mol. The third-order valence-electron chi connectivity index (χ3n) is 3.74. The van der Waals surface area contributed by atoms with E-state index in [0.29, 0.717) is 16.5 Å². The fraction of sp³-hybridized carbons (Fsp3) is 0.158. The van der Waals surface area contributed by atoms with E-state index in [0.717, 1.165) is 5.69 Å². The van der Waals surface area contributed by atoms with Crippen LogP contribution >= 0.6 is 11.6 Å². The van der Waals surface area contributed by atoms with Crippen molar-refractivity contribution in [2.24, 2.45) is 0 Å². The van der Waals surface area contributed by atoms with Gasteiger partial charge < -0.3 is 15.4 Å². The van der Waals surface area contributed by atoms with Crippen LogP contribution < -0.4 is 15.4 Å². The van der Waals surface area contributed by atoms with Gasteiger partial charge >= 0.3 is 0 Å². The summed E-state index contributed by atoms with van der Waals surface area (Å²) in [6.07, 6.45) is 2.25. The molecule has 1 unspecified atom stereocenters. The maximum atomic E-state index is 12.1. The van der Waals surface area contributed by atoms with Crippen molar-refractivity contribution in [1.29, 1.82) is 0 Å². The fourth-order valence-corrected chi connectivity index (χ4v) is 2.53. The van der Waals surface area contributed by atoms with Crippen LogP contribution in [0.3, 0.4) is 0 Å². The van der Waals surface area contributed by atoms with Gasteiger partial charge in [0.1, 0.15) is 18.4 Å². The van der Waals surface area contributed by atoms with E-state index in [1.54, 1.807) is 66.5 Å². The van der Waals surface area contributed by atoms with E-state index in [-0.39, 0.29) is 12.5 Å². The Morgan fingerprint density at radius 3 is 2.68 bits per heavy atom. The van der Waals surface area contributed by atoms with Gasteiger partial charge in [-0.3, -0.25) is 9.59 Å². The van der Waals surface area contributed by atoms with Gasteiger partial charge in [0.2, 0.25) is 5.91 Å². The van der Waals surface area contributed by atoms with Crippen molar-refractivity contribution in [3.8, 4) is 11.4 Å². The summed E-state index contributed by atoms with van der Waals surface area (Å²) in [6, 6.07) is 13.8. The zero-order valence-electron chi connectivity index (χ0n) is 15.0. The van der Waals surface area contributed by atoms with Crippen LogP contribution in [0.25, 0.3) is 5.69 Å². The molecule has 0 bridgehead atoms. The zero-order valence-corrected chi connectivity index (χ0v) is 15.8. The number of anilines is 1. The molecule has 1 aromatic heterocycles. The molecule has 144 valence electrons. The molecule has 0 saturated heterocycles. The molecule has 8 nitrogen and oxygen atoms in total. The van der Waals surface area contributed by atoms with E-state index < -0.39 is 12.0 Å². The van der Waals surface area contributed by atoms with E-state index >= 15 is 0 Å². The quantitative estimate of drug-likeness (QED) is 0.635. The van der Waals surface area contributed by atoms with Crippen molar-refractivity contribution < 1.29 is 14.3 Å². The first-order valence-electron chi connectivity index (χ1n) is 8.46. The summed E-state index contributed by atoms with van der Waals surface area (Å²) in [5.74, 6) is -0.277. The number of hydrogen-bond donors (Lipinski definition) is 2. The molecule has 0 fully saturated rings. The van der Waals surface area contributed by atoms with E-state index in [1.807, 2.05) is 0 Å². The number of halogens is 1. The maximum absolute atomic E-state index is 12.1. The lowest BCUT2D eigenvalue weighted by Crippen LogP contribution is -2.40. The number of nitrogens with one attached hydrogen (secondary N) is 2. The minimum atomic E-state index is -0.770. The number of carbonyl (C=O) groups excluding carboxylic acids is 2. The number of aromatic nitrogens is 3. The molecule has 0 aliphatic heterocycles. The number of ether oxygens (including phenoxy) is 1. The Labute approximate surface area is 166 Å². The largest absolute Gasteiger partial charge is 0.481 e. The molecule has 9 heteroatoms. The van der Waals surface area contributed by atoms with E-state index in [4.69, 9.17) is 16.3 Å². The fourth-order valence-electron chi connectivity index (χ4n) is 2.35. The van der Waals surface area contributed by atoms with Gasteiger partial charge in [-0.25, -0.2) is 9.67 Å². The molecule has 0 aliphatic rings. The molecule has 28 heavy (non-hydrogen) atoms. The number of rotatable bonds is 7. The van der Waals surface area contributed by atoms with Crippen LogP contribution in [0.5, 0.6) is 5.75 Å². The summed E-state index contributed by atoms with van der Waals surface area (Å²) < 4.78 is 7.12. The second kappa shape index (κ2) is 9.01. The van der Waals surface area contributed by atoms with Crippen molar-refractivity contribution in [2.45, 2.75) is 13.0 Å². The summed E-state index contributed by atoms with van der Waals surface area (Å²) >= 11 is 5.88. The molecule has 3 aromatic rings. The smallest absolute Gasteiger partial charge is 0.261 e. The highest BCUT2D eigenvalue weighted by Crippen LogP contribution is 2.18. The zero-order chi connectivity index (χ0) is 19.9. The summed E-state index contributed by atoms with van der Waals surface area (Å²) in [4.78, 5) is 28.0. The first kappa shape index (κ1) is 19.4. The number of benzene rings is 2. The Kier molecular flexibility index (Phi) is 6.23.